The quantitative estimate of drug-likeness (QED) is 0.385. The Bertz CT molecular complexity index is 1050. The first kappa shape index (κ1) is 25.5. The molecule has 0 radical (unpaired) electrons. The molecule has 1 unspecified atom stereocenters. The maximum atomic E-state index is 13.8. The number of nitrogens with zero attached hydrogens (tertiary/aromatic N) is 1. The minimum Gasteiger partial charge on any atom is -0.445 e. The van der Waals surface area contributed by atoms with Crippen LogP contribution in [-0.4, -0.2) is 22.2 Å². The van der Waals surface area contributed by atoms with Gasteiger partial charge < -0.3 is 10.1 Å². The number of carbonyl (C=O) groups excluding carboxylic acids is 1. The summed E-state index contributed by atoms with van der Waals surface area (Å²) in [5.74, 6) is 1.35. The van der Waals surface area contributed by atoms with Gasteiger partial charge in [0.1, 0.15) is 6.10 Å². The van der Waals surface area contributed by atoms with Crippen molar-refractivity contribution < 1.29 is 9.53 Å². The van der Waals surface area contributed by atoms with Crippen molar-refractivity contribution in [2.75, 3.05) is 0 Å². The average molecular weight is 564 g/mol. The molecule has 7 heteroatoms. The topological polar surface area (TPSA) is 41.6 Å². The standard InChI is InChI=1S/C27H32BrClN2O2S/c1-16(2)22-14-5-17(3)15-23(22)33-26(32)31-24(18-6-10-20(28)11-7-18)27(4,30-25(31)34)19-8-12-21(29)13-9-19/h6-13,16-17,22-24H,5,14-15H2,1-4H3,(H,30,34)/t17-,22+,23?,24+,27-/m1/s1. The van der Waals surface area contributed by atoms with Gasteiger partial charge in [-0.1, -0.05) is 79.0 Å². The van der Waals surface area contributed by atoms with E-state index in [0.29, 0.717) is 27.9 Å². The number of nitrogens with one attached hydrogen (secondary N) is 1. The third kappa shape index (κ3) is 5.00. The first-order valence-corrected chi connectivity index (χ1v) is 13.5. The van der Waals surface area contributed by atoms with Crippen LogP contribution < -0.4 is 5.32 Å². The molecule has 1 aliphatic heterocycles. The van der Waals surface area contributed by atoms with Gasteiger partial charge in [-0.05, 0) is 85.1 Å². The number of rotatable bonds is 4. The summed E-state index contributed by atoms with van der Waals surface area (Å²) in [5, 5.41) is 4.48. The summed E-state index contributed by atoms with van der Waals surface area (Å²) in [6.45, 7) is 8.74. The van der Waals surface area contributed by atoms with E-state index in [4.69, 9.17) is 28.6 Å². The second-order valence-electron chi connectivity index (χ2n) is 10.2. The number of hydrogen-bond donors (Lipinski definition) is 1. The Morgan fingerprint density at radius 3 is 2.44 bits per heavy atom. The van der Waals surface area contributed by atoms with Crippen molar-refractivity contribution >= 4 is 51.0 Å². The van der Waals surface area contributed by atoms with Crippen LogP contribution in [0.2, 0.25) is 5.02 Å². The normalized spacial score (nSPS) is 29.3. The minimum atomic E-state index is -0.647. The molecule has 4 rings (SSSR count). The number of halogens is 2. The summed E-state index contributed by atoms with van der Waals surface area (Å²) < 4.78 is 7.22. The van der Waals surface area contributed by atoms with E-state index in [1.165, 1.54) is 6.42 Å². The van der Waals surface area contributed by atoms with E-state index in [1.54, 1.807) is 4.90 Å². The van der Waals surface area contributed by atoms with Gasteiger partial charge in [0.25, 0.3) is 0 Å². The zero-order valence-corrected chi connectivity index (χ0v) is 23.2. The third-order valence-corrected chi connectivity index (χ3v) is 8.51. The maximum Gasteiger partial charge on any atom is 0.417 e. The molecule has 1 N–H and O–H groups in total. The zero-order valence-electron chi connectivity index (χ0n) is 20.1. The molecule has 182 valence electrons. The van der Waals surface area contributed by atoms with E-state index >= 15 is 0 Å². The molecule has 1 aliphatic carbocycles. The zero-order chi connectivity index (χ0) is 24.6. The van der Waals surface area contributed by atoms with Crippen molar-refractivity contribution in [3.8, 4) is 0 Å². The molecule has 1 amide bonds. The van der Waals surface area contributed by atoms with Crippen molar-refractivity contribution in [3.63, 3.8) is 0 Å². The summed E-state index contributed by atoms with van der Waals surface area (Å²) in [4.78, 5) is 15.4. The Hall–Kier alpha value is -1.63. The first-order chi connectivity index (χ1) is 16.1. The van der Waals surface area contributed by atoms with Crippen LogP contribution in [-0.2, 0) is 10.3 Å². The van der Waals surface area contributed by atoms with Crippen LogP contribution in [0, 0.1) is 17.8 Å². The second-order valence-corrected chi connectivity index (χ2v) is 12.0. The number of carbonyl (C=O) groups is 1. The predicted molar refractivity (Wildman–Crippen MR) is 145 cm³/mol. The number of amides is 1. The van der Waals surface area contributed by atoms with Gasteiger partial charge >= 0.3 is 6.09 Å². The Labute approximate surface area is 221 Å². The van der Waals surface area contributed by atoms with E-state index < -0.39 is 5.54 Å². The van der Waals surface area contributed by atoms with Crippen LogP contribution in [0.5, 0.6) is 0 Å². The van der Waals surface area contributed by atoms with Crippen molar-refractivity contribution in [1.82, 2.24) is 10.2 Å². The maximum absolute atomic E-state index is 13.8. The van der Waals surface area contributed by atoms with Crippen LogP contribution in [0.3, 0.4) is 0 Å². The van der Waals surface area contributed by atoms with Crippen LogP contribution in [0.4, 0.5) is 4.79 Å². The van der Waals surface area contributed by atoms with E-state index in [0.717, 1.165) is 28.4 Å². The van der Waals surface area contributed by atoms with Crippen LogP contribution >= 0.6 is 39.7 Å². The second kappa shape index (κ2) is 10.2. The molecule has 0 spiro atoms. The number of thiocarbonyl (C=S) groups is 1. The van der Waals surface area contributed by atoms with Gasteiger partial charge in [0.05, 0.1) is 11.6 Å². The van der Waals surface area contributed by atoms with E-state index in [9.17, 15) is 4.79 Å². The SMILES string of the molecule is CC(C)[C@@H]1CC[C@@H](C)CC1OC(=O)N1C(=S)N[C@](C)(c2ccc(Cl)cc2)[C@@H]1c1ccc(Br)cc1. The van der Waals surface area contributed by atoms with Gasteiger partial charge in [-0.2, -0.15) is 0 Å². The molecule has 1 saturated heterocycles. The van der Waals surface area contributed by atoms with Gasteiger partial charge in [0, 0.05) is 9.50 Å². The van der Waals surface area contributed by atoms with Crippen molar-refractivity contribution in [3.05, 3.63) is 69.2 Å². The van der Waals surface area contributed by atoms with Gasteiger partial charge in [-0.15, -0.1) is 0 Å². The molecule has 0 bridgehead atoms. The highest BCUT2D eigenvalue weighted by molar-refractivity contribution is 9.10. The molecular weight excluding hydrogens is 532 g/mol. The summed E-state index contributed by atoms with van der Waals surface area (Å²) in [6, 6.07) is 15.3. The molecule has 1 heterocycles. The highest BCUT2D eigenvalue weighted by atomic mass is 79.9. The largest absolute Gasteiger partial charge is 0.445 e. The third-order valence-electron chi connectivity index (χ3n) is 7.43. The van der Waals surface area contributed by atoms with Crippen molar-refractivity contribution in [2.24, 2.45) is 17.8 Å². The van der Waals surface area contributed by atoms with Gasteiger partial charge in [-0.25, -0.2) is 9.69 Å². The Kier molecular flexibility index (Phi) is 7.61. The smallest absolute Gasteiger partial charge is 0.417 e. The molecule has 1 saturated carbocycles. The Balaban J connectivity index is 1.71. The minimum absolute atomic E-state index is 0.105. The first-order valence-electron chi connectivity index (χ1n) is 11.9. The molecular formula is C27H32BrClN2O2S. The fourth-order valence-electron chi connectivity index (χ4n) is 5.50. The van der Waals surface area contributed by atoms with Crippen LogP contribution in [0.15, 0.2) is 53.0 Å². The predicted octanol–water partition coefficient (Wildman–Crippen LogP) is 7.85. The molecule has 34 heavy (non-hydrogen) atoms. The molecule has 2 aromatic rings. The average Bonchev–Trinajstić information content (AvgIpc) is 3.05. The molecule has 2 fully saturated rings. The highest BCUT2D eigenvalue weighted by Crippen LogP contribution is 2.45. The lowest BCUT2D eigenvalue weighted by Crippen LogP contribution is -2.43. The van der Waals surface area contributed by atoms with Crippen LogP contribution in [0.25, 0.3) is 0 Å². The van der Waals surface area contributed by atoms with E-state index in [2.05, 4.69) is 48.9 Å². The summed E-state index contributed by atoms with van der Waals surface area (Å²) >= 11 is 15.4. The van der Waals surface area contributed by atoms with Crippen molar-refractivity contribution in [2.45, 2.75) is 64.6 Å². The lowest BCUT2D eigenvalue weighted by molar-refractivity contribution is -0.00700. The molecule has 0 aromatic heterocycles. The monoisotopic (exact) mass is 562 g/mol. The van der Waals surface area contributed by atoms with E-state index in [1.807, 2.05) is 48.5 Å². The van der Waals surface area contributed by atoms with Gasteiger partial charge in [0.15, 0.2) is 5.11 Å². The summed E-state index contributed by atoms with van der Waals surface area (Å²) in [6.07, 6.45) is 2.66. The lowest BCUT2D eigenvalue weighted by Gasteiger charge is -2.38. The fraction of sp³-hybridized carbons (Fsp3) is 0.481. The number of ether oxygens (including phenoxy) is 1. The van der Waals surface area contributed by atoms with Gasteiger partial charge in [0.2, 0.25) is 0 Å². The Morgan fingerprint density at radius 2 is 1.82 bits per heavy atom. The molecule has 2 aromatic carbocycles. The van der Waals surface area contributed by atoms with E-state index in [-0.39, 0.29) is 18.2 Å². The van der Waals surface area contributed by atoms with Crippen LogP contribution in [0.1, 0.15) is 64.1 Å². The molecule has 2 aliphatic rings. The van der Waals surface area contributed by atoms with Crippen molar-refractivity contribution in [1.29, 1.82) is 0 Å². The highest BCUT2D eigenvalue weighted by Gasteiger charge is 2.52. The number of hydrogen-bond acceptors (Lipinski definition) is 3. The fourth-order valence-corrected chi connectivity index (χ4v) is 6.29. The lowest BCUT2D eigenvalue weighted by atomic mass is 9.75. The van der Waals surface area contributed by atoms with Gasteiger partial charge in [-0.3, -0.25) is 0 Å². The Morgan fingerprint density at radius 1 is 1.18 bits per heavy atom. The summed E-state index contributed by atoms with van der Waals surface area (Å²) in [5.41, 5.74) is 1.32. The molecule has 5 atom stereocenters. The number of benzene rings is 2. The molecule has 4 nitrogen and oxygen atoms in total. The summed E-state index contributed by atoms with van der Waals surface area (Å²) in [7, 11) is 0.